The monoisotopic (exact) mass is 239 g/mol. The maximum Gasteiger partial charge on any atom is 0.175 e. The van der Waals surface area contributed by atoms with E-state index in [9.17, 15) is 5.26 Å². The SMILES string of the molecule is CNc1ccn2nc(-c3ccco3)c(C#N)c2n1. The first-order valence-electron chi connectivity index (χ1n) is 5.34. The molecule has 3 heterocycles. The van der Waals surface area contributed by atoms with Crippen molar-refractivity contribution in [2.75, 3.05) is 12.4 Å². The molecule has 0 amide bonds. The molecule has 18 heavy (non-hydrogen) atoms. The molecule has 88 valence electrons. The van der Waals surface area contributed by atoms with E-state index in [-0.39, 0.29) is 0 Å². The van der Waals surface area contributed by atoms with Crippen LogP contribution in [0, 0.1) is 11.3 Å². The number of furan rings is 1. The molecular weight excluding hydrogens is 230 g/mol. The first-order valence-corrected chi connectivity index (χ1v) is 5.34. The second kappa shape index (κ2) is 3.89. The molecule has 0 aromatic carbocycles. The Bertz CT molecular complexity index is 736. The first kappa shape index (κ1) is 10.4. The van der Waals surface area contributed by atoms with Crippen LogP contribution >= 0.6 is 0 Å². The molecule has 0 radical (unpaired) electrons. The average Bonchev–Trinajstić information content (AvgIpc) is 3.04. The first-order chi connectivity index (χ1) is 8.83. The van der Waals surface area contributed by atoms with Crippen LogP contribution in [0.25, 0.3) is 17.1 Å². The van der Waals surface area contributed by atoms with Crippen LogP contribution in [0.5, 0.6) is 0 Å². The van der Waals surface area contributed by atoms with Gasteiger partial charge in [0.05, 0.1) is 6.26 Å². The zero-order valence-corrected chi connectivity index (χ0v) is 9.58. The van der Waals surface area contributed by atoms with Crippen molar-refractivity contribution < 1.29 is 4.42 Å². The summed E-state index contributed by atoms with van der Waals surface area (Å²) in [6, 6.07) is 7.43. The minimum atomic E-state index is 0.405. The van der Waals surface area contributed by atoms with E-state index in [0.717, 1.165) is 0 Å². The van der Waals surface area contributed by atoms with E-state index in [1.807, 2.05) is 0 Å². The molecular formula is C12H9N5O. The standard InChI is InChI=1S/C12H9N5O/c1-14-10-4-5-17-12(15-10)8(7-13)11(16-17)9-3-2-6-18-9/h2-6H,1H3,(H,14,15). The van der Waals surface area contributed by atoms with Crippen LogP contribution in [0.15, 0.2) is 35.1 Å². The van der Waals surface area contributed by atoms with Gasteiger partial charge >= 0.3 is 0 Å². The third-order valence-electron chi connectivity index (χ3n) is 2.61. The van der Waals surface area contributed by atoms with E-state index >= 15 is 0 Å². The average molecular weight is 239 g/mol. The van der Waals surface area contributed by atoms with Gasteiger partial charge in [-0.3, -0.25) is 0 Å². The van der Waals surface area contributed by atoms with Crippen molar-refractivity contribution in [3.63, 3.8) is 0 Å². The third kappa shape index (κ3) is 1.42. The predicted molar refractivity (Wildman–Crippen MR) is 65.0 cm³/mol. The highest BCUT2D eigenvalue weighted by molar-refractivity contribution is 5.72. The largest absolute Gasteiger partial charge is 0.463 e. The van der Waals surface area contributed by atoms with Crippen LogP contribution in [0.1, 0.15) is 5.56 Å². The number of hydrogen-bond donors (Lipinski definition) is 1. The Labute approximate surface area is 102 Å². The lowest BCUT2D eigenvalue weighted by Crippen LogP contribution is -1.96. The van der Waals surface area contributed by atoms with Gasteiger partial charge in [-0.2, -0.15) is 10.4 Å². The van der Waals surface area contributed by atoms with Gasteiger partial charge in [0.15, 0.2) is 11.4 Å². The number of nitrogens with zero attached hydrogens (tertiary/aromatic N) is 4. The lowest BCUT2D eigenvalue weighted by atomic mass is 10.2. The molecule has 3 rings (SSSR count). The molecule has 0 aliphatic heterocycles. The third-order valence-corrected chi connectivity index (χ3v) is 2.61. The highest BCUT2D eigenvalue weighted by Gasteiger charge is 2.17. The quantitative estimate of drug-likeness (QED) is 0.738. The molecule has 3 aromatic heterocycles. The topological polar surface area (TPSA) is 79.1 Å². The normalized spacial score (nSPS) is 10.4. The van der Waals surface area contributed by atoms with Crippen LogP contribution in [0.2, 0.25) is 0 Å². The van der Waals surface area contributed by atoms with Gasteiger partial charge in [0.2, 0.25) is 0 Å². The van der Waals surface area contributed by atoms with Crippen molar-refractivity contribution in [1.29, 1.82) is 5.26 Å². The number of aromatic nitrogens is 3. The molecule has 0 unspecified atom stereocenters. The Morgan fingerprint density at radius 3 is 3.00 bits per heavy atom. The molecule has 0 bridgehead atoms. The van der Waals surface area contributed by atoms with Gasteiger partial charge in [-0.15, -0.1) is 0 Å². The van der Waals surface area contributed by atoms with Gasteiger partial charge < -0.3 is 9.73 Å². The molecule has 6 heteroatoms. The van der Waals surface area contributed by atoms with Gasteiger partial charge in [-0.1, -0.05) is 0 Å². The van der Waals surface area contributed by atoms with Crippen molar-refractivity contribution in [3.05, 3.63) is 36.2 Å². The molecule has 0 saturated carbocycles. The van der Waals surface area contributed by atoms with Crippen molar-refractivity contribution >= 4 is 11.5 Å². The zero-order chi connectivity index (χ0) is 12.5. The van der Waals surface area contributed by atoms with E-state index in [0.29, 0.717) is 28.5 Å². The van der Waals surface area contributed by atoms with Gasteiger partial charge in [-0.25, -0.2) is 9.50 Å². The minimum Gasteiger partial charge on any atom is -0.463 e. The lowest BCUT2D eigenvalue weighted by molar-refractivity contribution is 0.579. The fraction of sp³-hybridized carbons (Fsp3) is 0.0833. The van der Waals surface area contributed by atoms with Crippen LogP contribution in [0.3, 0.4) is 0 Å². The fourth-order valence-corrected chi connectivity index (χ4v) is 1.76. The zero-order valence-electron chi connectivity index (χ0n) is 9.58. The van der Waals surface area contributed by atoms with E-state index in [1.165, 1.54) is 0 Å². The van der Waals surface area contributed by atoms with Crippen LogP contribution < -0.4 is 5.32 Å². The summed E-state index contributed by atoms with van der Waals surface area (Å²) in [5, 5.41) is 16.5. The van der Waals surface area contributed by atoms with Gasteiger partial charge in [0, 0.05) is 13.2 Å². The summed E-state index contributed by atoms with van der Waals surface area (Å²) in [7, 11) is 1.77. The molecule has 0 aliphatic rings. The molecule has 0 saturated heterocycles. The predicted octanol–water partition coefficient (Wildman–Crippen LogP) is 1.90. The lowest BCUT2D eigenvalue weighted by Gasteiger charge is -1.98. The Hall–Kier alpha value is -2.81. The number of rotatable bonds is 2. The van der Waals surface area contributed by atoms with Crippen molar-refractivity contribution in [2.24, 2.45) is 0 Å². The highest BCUT2D eigenvalue weighted by Crippen LogP contribution is 2.25. The summed E-state index contributed by atoms with van der Waals surface area (Å²) < 4.78 is 6.84. The smallest absolute Gasteiger partial charge is 0.175 e. The molecule has 0 aliphatic carbocycles. The van der Waals surface area contributed by atoms with Gasteiger partial charge in [0.1, 0.15) is 23.1 Å². The minimum absolute atomic E-state index is 0.405. The molecule has 6 nitrogen and oxygen atoms in total. The van der Waals surface area contributed by atoms with E-state index < -0.39 is 0 Å². The Morgan fingerprint density at radius 2 is 2.33 bits per heavy atom. The molecule has 0 atom stereocenters. The van der Waals surface area contributed by atoms with Crippen LogP contribution in [0.4, 0.5) is 5.82 Å². The summed E-state index contributed by atoms with van der Waals surface area (Å²) in [4.78, 5) is 4.32. The fourth-order valence-electron chi connectivity index (χ4n) is 1.76. The van der Waals surface area contributed by atoms with Crippen molar-refractivity contribution in [1.82, 2.24) is 14.6 Å². The van der Waals surface area contributed by atoms with Crippen molar-refractivity contribution in [2.45, 2.75) is 0 Å². The summed E-state index contributed by atoms with van der Waals surface area (Å²) in [6.45, 7) is 0. The number of fused-ring (bicyclic) bond motifs is 1. The van der Waals surface area contributed by atoms with E-state index in [1.54, 1.807) is 42.2 Å². The second-order valence-electron chi connectivity index (χ2n) is 3.64. The number of hydrogen-bond acceptors (Lipinski definition) is 5. The molecule has 0 fully saturated rings. The summed E-state index contributed by atoms with van der Waals surface area (Å²) >= 11 is 0. The van der Waals surface area contributed by atoms with Crippen LogP contribution in [-0.4, -0.2) is 21.6 Å². The van der Waals surface area contributed by atoms with E-state index in [4.69, 9.17) is 4.42 Å². The Kier molecular flexibility index (Phi) is 2.24. The summed E-state index contributed by atoms with van der Waals surface area (Å²) in [5.41, 5.74) is 1.42. The second-order valence-corrected chi connectivity index (χ2v) is 3.64. The van der Waals surface area contributed by atoms with E-state index in [2.05, 4.69) is 21.5 Å². The highest BCUT2D eigenvalue weighted by atomic mass is 16.3. The maximum atomic E-state index is 9.26. The van der Waals surface area contributed by atoms with Crippen molar-refractivity contribution in [3.8, 4) is 17.5 Å². The van der Waals surface area contributed by atoms with Gasteiger partial charge in [-0.05, 0) is 18.2 Å². The molecule has 1 N–H and O–H groups in total. The maximum absolute atomic E-state index is 9.26. The Morgan fingerprint density at radius 1 is 1.44 bits per heavy atom. The Balaban J connectivity index is 2.31. The van der Waals surface area contributed by atoms with Gasteiger partial charge in [0.25, 0.3) is 0 Å². The number of nitriles is 1. The molecule has 3 aromatic rings. The van der Waals surface area contributed by atoms with Crippen LogP contribution in [-0.2, 0) is 0 Å². The number of nitrogens with one attached hydrogen (secondary N) is 1. The molecule has 0 spiro atoms. The number of anilines is 1. The summed E-state index contributed by atoms with van der Waals surface area (Å²) in [5.74, 6) is 1.24. The summed E-state index contributed by atoms with van der Waals surface area (Å²) in [6.07, 6.45) is 3.30.